The molecule has 0 spiro atoms. The van der Waals surface area contributed by atoms with E-state index < -0.39 is 0 Å². The van der Waals surface area contributed by atoms with Gasteiger partial charge in [-0.05, 0) is 25.0 Å². The van der Waals surface area contributed by atoms with Gasteiger partial charge in [0, 0.05) is 18.0 Å². The Morgan fingerprint density at radius 1 is 1.17 bits per heavy atom. The first kappa shape index (κ1) is 13.2. The Balaban J connectivity index is 1.88. The van der Waals surface area contributed by atoms with Gasteiger partial charge < -0.3 is 15.2 Å². The van der Waals surface area contributed by atoms with E-state index in [1.54, 1.807) is 0 Å². The van der Waals surface area contributed by atoms with Crippen LogP contribution in [-0.4, -0.2) is 19.8 Å². The highest BCUT2D eigenvalue weighted by atomic mass is 16.5. The average Bonchev–Trinajstić information content (AvgIpc) is 2.82. The molecule has 0 heterocycles. The lowest BCUT2D eigenvalue weighted by Gasteiger charge is -2.23. The van der Waals surface area contributed by atoms with E-state index in [9.17, 15) is 0 Å². The van der Waals surface area contributed by atoms with Crippen LogP contribution in [0.4, 0.5) is 0 Å². The Morgan fingerprint density at radius 2 is 1.83 bits per heavy atom. The zero-order valence-electron chi connectivity index (χ0n) is 11.2. The van der Waals surface area contributed by atoms with E-state index in [0.29, 0.717) is 18.6 Å². The molecule has 3 heteroatoms. The van der Waals surface area contributed by atoms with Crippen LogP contribution < -0.4 is 15.2 Å². The largest absolute Gasteiger partial charge is 0.493 e. The van der Waals surface area contributed by atoms with Crippen LogP contribution in [-0.2, 0) is 0 Å². The van der Waals surface area contributed by atoms with E-state index in [-0.39, 0.29) is 0 Å². The van der Waals surface area contributed by atoms with Crippen molar-refractivity contribution in [1.29, 1.82) is 0 Å². The van der Waals surface area contributed by atoms with Crippen LogP contribution in [0.1, 0.15) is 32.6 Å². The fourth-order valence-corrected chi connectivity index (χ4v) is 2.46. The minimum Gasteiger partial charge on any atom is -0.493 e. The van der Waals surface area contributed by atoms with E-state index in [4.69, 9.17) is 15.2 Å². The summed E-state index contributed by atoms with van der Waals surface area (Å²) in [5.41, 5.74) is 5.77. The SMILES string of the molecule is CC1(COc2cccc(OCCN)c2)CCCC1. The van der Waals surface area contributed by atoms with Crippen molar-refractivity contribution in [2.75, 3.05) is 19.8 Å². The summed E-state index contributed by atoms with van der Waals surface area (Å²) in [6.07, 6.45) is 5.21. The molecule has 18 heavy (non-hydrogen) atoms. The van der Waals surface area contributed by atoms with E-state index >= 15 is 0 Å². The quantitative estimate of drug-likeness (QED) is 0.843. The van der Waals surface area contributed by atoms with Gasteiger partial charge >= 0.3 is 0 Å². The maximum Gasteiger partial charge on any atom is 0.123 e. The Hall–Kier alpha value is -1.22. The second kappa shape index (κ2) is 6.10. The molecule has 100 valence electrons. The predicted molar refractivity (Wildman–Crippen MR) is 73.1 cm³/mol. The van der Waals surface area contributed by atoms with Gasteiger partial charge in [0.05, 0.1) is 6.61 Å². The molecule has 0 radical (unpaired) electrons. The molecular formula is C15H23NO2. The maximum atomic E-state index is 5.90. The van der Waals surface area contributed by atoms with Crippen LogP contribution in [0.2, 0.25) is 0 Å². The first-order valence-electron chi connectivity index (χ1n) is 6.78. The highest BCUT2D eigenvalue weighted by molar-refractivity contribution is 5.33. The topological polar surface area (TPSA) is 44.5 Å². The standard InChI is InChI=1S/C15H23NO2/c1-15(7-2-3-8-15)12-18-14-6-4-5-13(11-14)17-10-9-16/h4-6,11H,2-3,7-10,12,16H2,1H3. The van der Waals surface area contributed by atoms with Gasteiger partial charge in [-0.15, -0.1) is 0 Å². The summed E-state index contributed by atoms with van der Waals surface area (Å²) < 4.78 is 11.4. The molecule has 1 aliphatic carbocycles. The van der Waals surface area contributed by atoms with Gasteiger partial charge in [0.15, 0.2) is 0 Å². The molecule has 2 rings (SSSR count). The van der Waals surface area contributed by atoms with Crippen LogP contribution in [0.25, 0.3) is 0 Å². The number of benzene rings is 1. The molecule has 1 fully saturated rings. The molecule has 1 aromatic rings. The molecular weight excluding hydrogens is 226 g/mol. The molecule has 0 amide bonds. The molecule has 0 saturated heterocycles. The Bertz CT molecular complexity index is 373. The Labute approximate surface area is 109 Å². The van der Waals surface area contributed by atoms with Crippen LogP contribution in [0.15, 0.2) is 24.3 Å². The van der Waals surface area contributed by atoms with Crippen LogP contribution in [0, 0.1) is 5.41 Å². The summed E-state index contributed by atoms with van der Waals surface area (Å²) in [7, 11) is 0. The smallest absolute Gasteiger partial charge is 0.123 e. The minimum atomic E-state index is 0.355. The fourth-order valence-electron chi connectivity index (χ4n) is 2.46. The molecule has 0 aromatic heterocycles. The normalized spacial score (nSPS) is 17.7. The summed E-state index contributed by atoms with van der Waals surface area (Å²) >= 11 is 0. The first-order valence-corrected chi connectivity index (χ1v) is 6.78. The summed E-state index contributed by atoms with van der Waals surface area (Å²) in [4.78, 5) is 0. The lowest BCUT2D eigenvalue weighted by atomic mass is 9.90. The van der Waals surface area contributed by atoms with Crippen molar-refractivity contribution in [2.45, 2.75) is 32.6 Å². The van der Waals surface area contributed by atoms with Gasteiger partial charge in [0.2, 0.25) is 0 Å². The second-order valence-corrected chi connectivity index (χ2v) is 5.42. The predicted octanol–water partition coefficient (Wildman–Crippen LogP) is 2.98. The average molecular weight is 249 g/mol. The molecule has 1 aromatic carbocycles. The number of ether oxygens (including phenoxy) is 2. The van der Waals surface area contributed by atoms with Crippen LogP contribution >= 0.6 is 0 Å². The molecule has 1 aliphatic rings. The number of nitrogens with two attached hydrogens (primary N) is 1. The summed E-state index contributed by atoms with van der Waals surface area (Å²) in [6, 6.07) is 7.81. The summed E-state index contributed by atoms with van der Waals surface area (Å²) in [6.45, 7) is 4.19. The van der Waals surface area contributed by atoms with E-state index in [1.807, 2.05) is 24.3 Å². The monoisotopic (exact) mass is 249 g/mol. The lowest BCUT2D eigenvalue weighted by Crippen LogP contribution is -2.21. The zero-order chi connectivity index (χ0) is 12.8. The number of hydrogen-bond acceptors (Lipinski definition) is 3. The van der Waals surface area contributed by atoms with Crippen molar-refractivity contribution in [2.24, 2.45) is 11.1 Å². The molecule has 1 saturated carbocycles. The highest BCUT2D eigenvalue weighted by Gasteiger charge is 2.29. The van der Waals surface area contributed by atoms with Gasteiger partial charge in [-0.3, -0.25) is 0 Å². The van der Waals surface area contributed by atoms with Crippen molar-refractivity contribution in [3.8, 4) is 11.5 Å². The third kappa shape index (κ3) is 3.64. The highest BCUT2D eigenvalue weighted by Crippen LogP contribution is 2.38. The Kier molecular flexibility index (Phi) is 4.48. The first-order chi connectivity index (χ1) is 8.72. The lowest BCUT2D eigenvalue weighted by molar-refractivity contribution is 0.167. The molecule has 0 atom stereocenters. The molecule has 0 aliphatic heterocycles. The molecule has 3 nitrogen and oxygen atoms in total. The fraction of sp³-hybridized carbons (Fsp3) is 0.600. The van der Waals surface area contributed by atoms with Gasteiger partial charge in [-0.25, -0.2) is 0 Å². The minimum absolute atomic E-state index is 0.355. The van der Waals surface area contributed by atoms with Crippen molar-refractivity contribution in [1.82, 2.24) is 0 Å². The van der Waals surface area contributed by atoms with Gasteiger partial charge in [0.1, 0.15) is 18.1 Å². The van der Waals surface area contributed by atoms with Gasteiger partial charge in [-0.1, -0.05) is 25.8 Å². The number of hydrogen-bond donors (Lipinski definition) is 1. The third-order valence-electron chi connectivity index (χ3n) is 3.59. The van der Waals surface area contributed by atoms with Gasteiger partial charge in [-0.2, -0.15) is 0 Å². The second-order valence-electron chi connectivity index (χ2n) is 5.42. The summed E-state index contributed by atoms with van der Waals surface area (Å²) in [5, 5.41) is 0. The molecule has 2 N–H and O–H groups in total. The zero-order valence-corrected chi connectivity index (χ0v) is 11.2. The van der Waals surface area contributed by atoms with E-state index in [0.717, 1.165) is 18.1 Å². The van der Waals surface area contributed by atoms with E-state index in [1.165, 1.54) is 25.7 Å². The van der Waals surface area contributed by atoms with Crippen molar-refractivity contribution in [3.05, 3.63) is 24.3 Å². The Morgan fingerprint density at radius 3 is 2.50 bits per heavy atom. The van der Waals surface area contributed by atoms with E-state index in [2.05, 4.69) is 6.92 Å². The van der Waals surface area contributed by atoms with Gasteiger partial charge in [0.25, 0.3) is 0 Å². The summed E-state index contributed by atoms with van der Waals surface area (Å²) in [5.74, 6) is 1.71. The molecule has 0 unspecified atom stereocenters. The maximum absolute atomic E-state index is 5.90. The van der Waals surface area contributed by atoms with Crippen molar-refractivity contribution >= 4 is 0 Å². The van der Waals surface area contributed by atoms with Crippen LogP contribution in [0.5, 0.6) is 11.5 Å². The molecule has 0 bridgehead atoms. The van der Waals surface area contributed by atoms with Crippen molar-refractivity contribution in [3.63, 3.8) is 0 Å². The number of rotatable bonds is 6. The third-order valence-corrected chi connectivity index (χ3v) is 3.59. The van der Waals surface area contributed by atoms with Crippen LogP contribution in [0.3, 0.4) is 0 Å². The van der Waals surface area contributed by atoms with Crippen molar-refractivity contribution < 1.29 is 9.47 Å².